The van der Waals surface area contributed by atoms with Crippen molar-refractivity contribution in [3.05, 3.63) is 92.9 Å². The van der Waals surface area contributed by atoms with Crippen molar-refractivity contribution in [3.63, 3.8) is 0 Å². The Morgan fingerprint density at radius 2 is 1.79 bits per heavy atom. The third-order valence-corrected chi connectivity index (χ3v) is 7.34. The maximum absolute atomic E-state index is 13.3. The Hall–Kier alpha value is -3.20. The molecule has 0 bridgehead atoms. The van der Waals surface area contributed by atoms with Gasteiger partial charge in [-0.1, -0.05) is 51.0 Å². The van der Waals surface area contributed by atoms with Gasteiger partial charge in [0.15, 0.2) is 5.13 Å². The summed E-state index contributed by atoms with van der Waals surface area (Å²) in [7, 11) is 1.58. The van der Waals surface area contributed by atoms with E-state index in [2.05, 4.69) is 20.9 Å². The van der Waals surface area contributed by atoms with Crippen LogP contribution in [0.1, 0.15) is 17.2 Å². The number of aliphatic hydroxyl groups excluding tert-OH is 1. The minimum absolute atomic E-state index is 0.00789. The second-order valence-electron chi connectivity index (χ2n) is 7.56. The predicted molar refractivity (Wildman–Crippen MR) is 137 cm³/mol. The molecule has 1 aromatic heterocycles. The van der Waals surface area contributed by atoms with Crippen molar-refractivity contribution >= 4 is 71.7 Å². The van der Waals surface area contributed by atoms with E-state index < -0.39 is 17.7 Å². The van der Waals surface area contributed by atoms with Gasteiger partial charge in [0.2, 0.25) is 0 Å². The lowest BCUT2D eigenvalue weighted by atomic mass is 9.95. The highest BCUT2D eigenvalue weighted by Gasteiger charge is 2.48. The Bertz CT molecular complexity index is 1460. The average molecular weight is 556 g/mol. The molecule has 170 valence electrons. The SMILES string of the molecule is COc1ccc2nc(N3C(=O)C(=O)C(=C(O)c4ccc(Cl)cc4)[C@@H]3c3ccc(Br)cc3)sc2c1. The van der Waals surface area contributed by atoms with Crippen LogP contribution in [0.15, 0.2) is 76.8 Å². The topological polar surface area (TPSA) is 79.7 Å². The van der Waals surface area contributed by atoms with Gasteiger partial charge in [-0.3, -0.25) is 14.5 Å². The molecule has 6 nitrogen and oxygen atoms in total. The standard InChI is InChI=1S/C25H16BrClN2O4S/c1-33-17-10-11-18-19(12-17)34-25(28-18)29-21(13-2-6-15(26)7-3-13)20(23(31)24(29)32)22(30)14-4-8-16(27)9-5-14/h2-12,21,30H,1H3/t21-/m0/s1. The third-order valence-electron chi connectivity index (χ3n) is 5.54. The number of hydrogen-bond donors (Lipinski definition) is 1. The number of benzene rings is 3. The fraction of sp³-hybridized carbons (Fsp3) is 0.0800. The summed E-state index contributed by atoms with van der Waals surface area (Å²) in [6.45, 7) is 0. The second kappa shape index (κ2) is 8.87. The summed E-state index contributed by atoms with van der Waals surface area (Å²) in [5, 5.41) is 12.0. The van der Waals surface area contributed by atoms with Crippen LogP contribution in [0.25, 0.3) is 16.0 Å². The number of thiazole rings is 1. The van der Waals surface area contributed by atoms with Crippen molar-refractivity contribution in [2.75, 3.05) is 12.0 Å². The molecule has 0 saturated carbocycles. The number of ketones is 1. The number of carbonyl (C=O) groups excluding carboxylic acids is 2. The molecule has 0 unspecified atom stereocenters. The molecule has 4 aromatic rings. The first-order chi connectivity index (χ1) is 16.4. The molecule has 9 heteroatoms. The number of nitrogens with zero attached hydrogens (tertiary/aromatic N) is 2. The monoisotopic (exact) mass is 554 g/mol. The van der Waals surface area contributed by atoms with Crippen LogP contribution in [0.5, 0.6) is 5.75 Å². The summed E-state index contributed by atoms with van der Waals surface area (Å²) in [6.07, 6.45) is 0. The van der Waals surface area contributed by atoms with E-state index in [0.717, 1.165) is 9.17 Å². The average Bonchev–Trinajstić information content (AvgIpc) is 3.37. The van der Waals surface area contributed by atoms with E-state index in [1.165, 1.54) is 16.2 Å². The Morgan fingerprint density at radius 3 is 2.47 bits per heavy atom. The molecule has 34 heavy (non-hydrogen) atoms. The Labute approximate surface area is 212 Å². The van der Waals surface area contributed by atoms with Gasteiger partial charge < -0.3 is 9.84 Å². The molecule has 2 heterocycles. The van der Waals surface area contributed by atoms with Gasteiger partial charge in [-0.2, -0.15) is 0 Å². The van der Waals surface area contributed by atoms with Gasteiger partial charge in [0.05, 0.1) is 28.9 Å². The van der Waals surface area contributed by atoms with Gasteiger partial charge in [0.25, 0.3) is 5.78 Å². The van der Waals surface area contributed by atoms with E-state index in [1.54, 1.807) is 55.6 Å². The number of rotatable bonds is 4. The summed E-state index contributed by atoms with van der Waals surface area (Å²) >= 11 is 10.7. The molecule has 0 spiro atoms. The highest BCUT2D eigenvalue weighted by atomic mass is 79.9. The predicted octanol–water partition coefficient (Wildman–Crippen LogP) is 6.35. The van der Waals surface area contributed by atoms with Crippen molar-refractivity contribution in [2.45, 2.75) is 6.04 Å². The fourth-order valence-corrected chi connectivity index (χ4v) is 5.29. The minimum Gasteiger partial charge on any atom is -0.507 e. The van der Waals surface area contributed by atoms with Crippen LogP contribution in [0.3, 0.4) is 0 Å². The Balaban J connectivity index is 1.71. The van der Waals surface area contributed by atoms with Crippen LogP contribution in [-0.4, -0.2) is 28.9 Å². The number of amides is 1. The number of methoxy groups -OCH3 is 1. The van der Waals surface area contributed by atoms with Crippen LogP contribution < -0.4 is 9.64 Å². The number of hydrogen-bond acceptors (Lipinski definition) is 6. The highest BCUT2D eigenvalue weighted by Crippen LogP contribution is 2.44. The van der Waals surface area contributed by atoms with Gasteiger partial charge in [0, 0.05) is 15.1 Å². The van der Waals surface area contributed by atoms with Gasteiger partial charge >= 0.3 is 5.91 Å². The zero-order valence-corrected chi connectivity index (χ0v) is 20.8. The van der Waals surface area contributed by atoms with E-state index in [9.17, 15) is 14.7 Å². The molecule has 3 aromatic carbocycles. The normalized spacial score (nSPS) is 17.5. The molecule has 1 aliphatic rings. The van der Waals surface area contributed by atoms with Gasteiger partial charge in [-0.25, -0.2) is 4.98 Å². The quantitative estimate of drug-likeness (QED) is 0.180. The lowest BCUT2D eigenvalue weighted by Crippen LogP contribution is -2.29. The van der Waals surface area contributed by atoms with Crippen molar-refractivity contribution in [2.24, 2.45) is 0 Å². The molecule has 5 rings (SSSR count). The van der Waals surface area contributed by atoms with Crippen molar-refractivity contribution in [1.82, 2.24) is 4.98 Å². The molecule has 0 aliphatic carbocycles. The number of halogens is 2. The fourth-order valence-electron chi connectivity index (χ4n) is 3.88. The Morgan fingerprint density at radius 1 is 1.09 bits per heavy atom. The number of fused-ring (bicyclic) bond motifs is 1. The first-order valence-electron chi connectivity index (χ1n) is 10.1. The van der Waals surface area contributed by atoms with Gasteiger partial charge in [-0.15, -0.1) is 0 Å². The maximum Gasteiger partial charge on any atom is 0.301 e. The molecule has 1 atom stereocenters. The molecular formula is C25H16BrClN2O4S. The second-order valence-corrected chi connectivity index (χ2v) is 9.92. The van der Waals surface area contributed by atoms with Crippen molar-refractivity contribution in [3.8, 4) is 5.75 Å². The van der Waals surface area contributed by atoms with Crippen LogP contribution in [-0.2, 0) is 9.59 Å². The van der Waals surface area contributed by atoms with Crippen LogP contribution >= 0.6 is 38.9 Å². The lowest BCUT2D eigenvalue weighted by molar-refractivity contribution is -0.132. The summed E-state index contributed by atoms with van der Waals surface area (Å²) in [6, 6.07) is 18.2. The molecule has 1 amide bonds. The molecule has 1 aliphatic heterocycles. The van der Waals surface area contributed by atoms with E-state index in [-0.39, 0.29) is 11.3 Å². The molecule has 0 radical (unpaired) electrons. The zero-order valence-electron chi connectivity index (χ0n) is 17.7. The number of anilines is 1. The first-order valence-corrected chi connectivity index (χ1v) is 12.1. The van der Waals surface area contributed by atoms with Crippen molar-refractivity contribution in [1.29, 1.82) is 0 Å². The van der Waals surface area contributed by atoms with Gasteiger partial charge in [0.1, 0.15) is 11.5 Å². The van der Waals surface area contributed by atoms with E-state index in [4.69, 9.17) is 16.3 Å². The Kier molecular flexibility index (Phi) is 5.89. The smallest absolute Gasteiger partial charge is 0.301 e. The molecular weight excluding hydrogens is 540 g/mol. The first kappa shape index (κ1) is 22.6. The minimum atomic E-state index is -0.855. The molecule has 1 fully saturated rings. The number of ether oxygens (including phenoxy) is 1. The van der Waals surface area contributed by atoms with Crippen LogP contribution in [0.2, 0.25) is 5.02 Å². The largest absolute Gasteiger partial charge is 0.507 e. The maximum atomic E-state index is 13.3. The number of aromatic nitrogens is 1. The summed E-state index contributed by atoms with van der Waals surface area (Å²) < 4.78 is 6.95. The molecule has 1 N–H and O–H groups in total. The zero-order chi connectivity index (χ0) is 24.0. The highest BCUT2D eigenvalue weighted by molar-refractivity contribution is 9.10. The van der Waals surface area contributed by atoms with Crippen molar-refractivity contribution < 1.29 is 19.4 Å². The van der Waals surface area contributed by atoms with Crippen LogP contribution in [0.4, 0.5) is 5.13 Å². The van der Waals surface area contributed by atoms with Crippen LogP contribution in [0, 0.1) is 0 Å². The third kappa shape index (κ3) is 3.87. The summed E-state index contributed by atoms with van der Waals surface area (Å²) in [5.74, 6) is -1.14. The number of carbonyl (C=O) groups is 2. The summed E-state index contributed by atoms with van der Waals surface area (Å²) in [4.78, 5) is 32.5. The number of Topliss-reactive ketones (excluding diaryl/α,β-unsaturated/α-hetero) is 1. The summed E-state index contributed by atoms with van der Waals surface area (Å²) in [5.41, 5.74) is 1.72. The van der Waals surface area contributed by atoms with Gasteiger partial charge in [-0.05, 0) is 60.2 Å². The van der Waals surface area contributed by atoms with E-state index >= 15 is 0 Å². The molecule has 1 saturated heterocycles. The van der Waals surface area contributed by atoms with E-state index in [0.29, 0.717) is 32.5 Å². The number of aliphatic hydroxyl groups is 1. The van der Waals surface area contributed by atoms with E-state index in [1.807, 2.05) is 18.2 Å². The lowest BCUT2D eigenvalue weighted by Gasteiger charge is -2.23.